The van der Waals surface area contributed by atoms with Gasteiger partial charge in [0.1, 0.15) is 18.1 Å². The number of amides is 4. The molecule has 0 aliphatic carbocycles. The van der Waals surface area contributed by atoms with Crippen LogP contribution in [0.15, 0.2) is 84.9 Å². The second-order valence-corrected chi connectivity index (χ2v) is 11.9. The number of hydrogen-bond acceptors (Lipinski definition) is 4. The Morgan fingerprint density at radius 1 is 0.605 bits per heavy atom. The van der Waals surface area contributed by atoms with Gasteiger partial charge in [-0.05, 0) is 54.4 Å². The first-order chi connectivity index (χ1) is 21.0. The molecular weight excluding hydrogens is 540 g/mol. The summed E-state index contributed by atoms with van der Waals surface area (Å²) >= 11 is 0. The van der Waals surface area contributed by atoms with Crippen molar-refractivity contribution in [1.29, 1.82) is 0 Å². The minimum absolute atomic E-state index is 0.0292. The van der Waals surface area contributed by atoms with E-state index < -0.39 is 24.2 Å². The van der Waals surface area contributed by atoms with E-state index in [4.69, 9.17) is 0 Å². The number of carbonyl (C=O) groups excluding carboxylic acids is 4. The number of nitrogens with one attached hydrogen (secondary N) is 2. The average Bonchev–Trinajstić information content (AvgIpc) is 3.72. The fraction of sp³-hybridized carbons (Fsp3) is 0.371. The van der Waals surface area contributed by atoms with Crippen molar-refractivity contribution in [3.63, 3.8) is 0 Å². The van der Waals surface area contributed by atoms with E-state index in [1.54, 1.807) is 9.80 Å². The van der Waals surface area contributed by atoms with Gasteiger partial charge < -0.3 is 20.4 Å². The van der Waals surface area contributed by atoms with Gasteiger partial charge in [0.2, 0.25) is 23.6 Å². The molecule has 0 spiro atoms. The van der Waals surface area contributed by atoms with Crippen molar-refractivity contribution in [2.45, 2.75) is 69.1 Å². The summed E-state index contributed by atoms with van der Waals surface area (Å²) < 4.78 is 0. The molecule has 8 nitrogen and oxygen atoms in total. The van der Waals surface area contributed by atoms with Gasteiger partial charge in [0.25, 0.3) is 0 Å². The standard InChI is InChI=1S/C35H38N4O4/c40-32-23-28(21-24-9-3-1-4-10-24)36-33(41)30-13-7-19-38(30)35(43)31-14-8-20-39(31)34(42)29(37-32)22-25-15-17-27(18-16-25)26-11-5-2-6-12-26/h1-6,9-12,15-18,28-31H,7-8,13-14,19-23H2,(H,36,41)(H,37,40)/t28-,29-,30-,31-/m0/s1. The molecule has 0 aromatic heterocycles. The van der Waals surface area contributed by atoms with E-state index in [0.29, 0.717) is 45.2 Å². The van der Waals surface area contributed by atoms with Crippen LogP contribution in [0, 0.1) is 0 Å². The molecule has 3 aromatic rings. The van der Waals surface area contributed by atoms with Crippen LogP contribution in [0.2, 0.25) is 0 Å². The van der Waals surface area contributed by atoms with Gasteiger partial charge in [-0.1, -0.05) is 84.9 Å². The number of carbonyl (C=O) groups is 4. The van der Waals surface area contributed by atoms with Crippen molar-refractivity contribution in [2.24, 2.45) is 0 Å². The second kappa shape index (κ2) is 12.8. The van der Waals surface area contributed by atoms with E-state index in [0.717, 1.165) is 28.7 Å². The average molecular weight is 579 g/mol. The second-order valence-electron chi connectivity index (χ2n) is 11.9. The number of nitrogens with zero attached hydrogens (tertiary/aromatic N) is 2. The molecule has 3 aliphatic heterocycles. The first-order valence-corrected chi connectivity index (χ1v) is 15.4. The molecule has 3 aliphatic rings. The Morgan fingerprint density at radius 2 is 1.19 bits per heavy atom. The number of hydrogen-bond donors (Lipinski definition) is 2. The molecular formula is C35H38N4O4. The highest BCUT2D eigenvalue weighted by Gasteiger charge is 2.44. The van der Waals surface area contributed by atoms with Gasteiger partial charge in [0, 0.05) is 32.0 Å². The third-order valence-corrected chi connectivity index (χ3v) is 8.90. The Morgan fingerprint density at radius 3 is 1.88 bits per heavy atom. The zero-order valence-electron chi connectivity index (χ0n) is 24.3. The lowest BCUT2D eigenvalue weighted by molar-refractivity contribution is -0.147. The van der Waals surface area contributed by atoms with Crippen molar-refractivity contribution >= 4 is 23.6 Å². The zero-order valence-corrected chi connectivity index (χ0v) is 24.3. The van der Waals surface area contributed by atoms with E-state index in [2.05, 4.69) is 10.6 Å². The predicted octanol–water partition coefficient (Wildman–Crippen LogP) is 3.49. The van der Waals surface area contributed by atoms with Crippen LogP contribution in [0.3, 0.4) is 0 Å². The number of fused-ring (bicyclic) bond motifs is 2. The lowest BCUT2D eigenvalue weighted by Crippen LogP contribution is -2.56. The molecule has 4 amide bonds. The van der Waals surface area contributed by atoms with E-state index in [1.807, 2.05) is 84.9 Å². The van der Waals surface area contributed by atoms with E-state index >= 15 is 0 Å². The SMILES string of the molecule is O=C1C[C@H](Cc2ccccc2)NC(=O)[C@@H]2CCCN2C(=O)[C@@H]2CCCN2C(=O)[C@H](Cc2ccc(-c3ccccc3)cc2)N1. The topological polar surface area (TPSA) is 98.8 Å². The molecule has 2 N–H and O–H groups in total. The fourth-order valence-electron chi connectivity index (χ4n) is 6.73. The highest BCUT2D eigenvalue weighted by atomic mass is 16.2. The van der Waals surface area contributed by atoms with E-state index in [9.17, 15) is 19.2 Å². The lowest BCUT2D eigenvalue weighted by atomic mass is 9.99. The minimum Gasteiger partial charge on any atom is -0.351 e. The number of benzene rings is 3. The quantitative estimate of drug-likeness (QED) is 0.484. The highest BCUT2D eigenvalue weighted by Crippen LogP contribution is 2.27. The van der Waals surface area contributed by atoms with Crippen LogP contribution in [0.5, 0.6) is 0 Å². The van der Waals surface area contributed by atoms with Gasteiger partial charge in [-0.3, -0.25) is 19.2 Å². The summed E-state index contributed by atoms with van der Waals surface area (Å²) in [6, 6.07) is 25.3. The van der Waals surface area contributed by atoms with Crippen LogP contribution < -0.4 is 10.6 Å². The summed E-state index contributed by atoms with van der Waals surface area (Å²) in [5.41, 5.74) is 4.08. The van der Waals surface area contributed by atoms with Crippen LogP contribution >= 0.6 is 0 Å². The third-order valence-electron chi connectivity index (χ3n) is 8.90. The van der Waals surface area contributed by atoms with Crippen LogP contribution in [0.1, 0.15) is 43.2 Å². The Labute approximate surface area is 252 Å². The molecule has 8 heteroatoms. The smallest absolute Gasteiger partial charge is 0.246 e. The molecule has 3 fully saturated rings. The molecule has 3 aromatic carbocycles. The number of rotatable bonds is 5. The molecule has 222 valence electrons. The normalized spacial score (nSPS) is 24.7. The van der Waals surface area contributed by atoms with E-state index in [1.165, 1.54) is 0 Å². The van der Waals surface area contributed by atoms with Crippen molar-refractivity contribution in [1.82, 2.24) is 20.4 Å². The summed E-state index contributed by atoms with van der Waals surface area (Å²) in [5, 5.41) is 6.09. The molecule has 43 heavy (non-hydrogen) atoms. The predicted molar refractivity (Wildman–Crippen MR) is 164 cm³/mol. The van der Waals surface area contributed by atoms with Gasteiger partial charge >= 0.3 is 0 Å². The van der Waals surface area contributed by atoms with Gasteiger partial charge in [0.15, 0.2) is 0 Å². The summed E-state index contributed by atoms with van der Waals surface area (Å²) in [6.07, 6.45) is 3.37. The summed E-state index contributed by atoms with van der Waals surface area (Å²) in [5.74, 6) is -0.945. The zero-order chi connectivity index (χ0) is 29.8. The van der Waals surface area contributed by atoms with Crippen LogP contribution in [-0.4, -0.2) is 70.7 Å². The van der Waals surface area contributed by atoms with Crippen molar-refractivity contribution in [3.8, 4) is 11.1 Å². The Balaban J connectivity index is 1.29. The highest BCUT2D eigenvalue weighted by molar-refractivity contribution is 5.96. The van der Waals surface area contributed by atoms with Crippen LogP contribution in [0.25, 0.3) is 11.1 Å². The maximum atomic E-state index is 14.1. The van der Waals surface area contributed by atoms with Crippen molar-refractivity contribution < 1.29 is 19.2 Å². The molecule has 6 rings (SSSR count). The van der Waals surface area contributed by atoms with Crippen LogP contribution in [0.4, 0.5) is 0 Å². The van der Waals surface area contributed by atoms with Gasteiger partial charge in [-0.25, -0.2) is 0 Å². The third kappa shape index (κ3) is 6.48. The van der Waals surface area contributed by atoms with Gasteiger partial charge in [-0.15, -0.1) is 0 Å². The largest absolute Gasteiger partial charge is 0.351 e. The monoisotopic (exact) mass is 578 g/mol. The summed E-state index contributed by atoms with van der Waals surface area (Å²) in [4.78, 5) is 58.3. The molecule has 3 heterocycles. The molecule has 3 saturated heterocycles. The molecule has 0 bridgehead atoms. The maximum absolute atomic E-state index is 14.1. The fourth-order valence-corrected chi connectivity index (χ4v) is 6.73. The van der Waals surface area contributed by atoms with E-state index in [-0.39, 0.29) is 30.0 Å². The van der Waals surface area contributed by atoms with Gasteiger partial charge in [-0.2, -0.15) is 0 Å². The maximum Gasteiger partial charge on any atom is 0.246 e. The Hall–Kier alpha value is -4.46. The van der Waals surface area contributed by atoms with Crippen molar-refractivity contribution in [3.05, 3.63) is 96.1 Å². The molecule has 0 saturated carbocycles. The minimum atomic E-state index is -0.827. The van der Waals surface area contributed by atoms with Crippen molar-refractivity contribution in [2.75, 3.05) is 13.1 Å². The molecule has 0 unspecified atom stereocenters. The lowest BCUT2D eigenvalue weighted by Gasteiger charge is -2.32. The van der Waals surface area contributed by atoms with Crippen LogP contribution in [-0.2, 0) is 32.0 Å². The molecule has 4 atom stereocenters. The first kappa shape index (κ1) is 28.6. The summed E-state index contributed by atoms with van der Waals surface area (Å²) in [6.45, 7) is 0.947. The Bertz CT molecular complexity index is 1460. The first-order valence-electron chi connectivity index (χ1n) is 15.4. The van der Waals surface area contributed by atoms with Gasteiger partial charge in [0.05, 0.1) is 0 Å². The summed E-state index contributed by atoms with van der Waals surface area (Å²) in [7, 11) is 0. The Kier molecular flexibility index (Phi) is 8.54. The molecule has 0 radical (unpaired) electrons.